The van der Waals surface area contributed by atoms with Gasteiger partial charge in [-0.1, -0.05) is 12.1 Å². The Morgan fingerprint density at radius 1 is 1.32 bits per heavy atom. The summed E-state index contributed by atoms with van der Waals surface area (Å²) in [5.74, 6) is -0.456. The van der Waals surface area contributed by atoms with Crippen LogP contribution in [0.3, 0.4) is 0 Å². The van der Waals surface area contributed by atoms with Crippen molar-refractivity contribution in [1.29, 1.82) is 0 Å². The summed E-state index contributed by atoms with van der Waals surface area (Å²) in [7, 11) is 0. The Labute approximate surface area is 144 Å². The van der Waals surface area contributed by atoms with Crippen LogP contribution in [0.1, 0.15) is 50.4 Å². The lowest BCUT2D eigenvalue weighted by Crippen LogP contribution is -2.21. The summed E-state index contributed by atoms with van der Waals surface area (Å²) in [5, 5.41) is 2.31. The molecule has 2 aromatic carbocycles. The molecule has 2 aromatic rings. The molecule has 5 nitrogen and oxygen atoms in total. The highest BCUT2D eigenvalue weighted by atomic mass is 19.1. The number of benzene rings is 2. The van der Waals surface area contributed by atoms with Crippen molar-refractivity contribution in [3.8, 4) is 5.75 Å². The monoisotopic (exact) mass is 340 g/mol. The SMILES string of the molecule is CC(N)c1cc(F)cc2c1OC(Cc1cccc3c1C(=O)NC3=O)C2. The Hall–Kier alpha value is -2.73. The van der Waals surface area contributed by atoms with Crippen LogP contribution in [-0.4, -0.2) is 17.9 Å². The number of carbonyl (C=O) groups excluding carboxylic acids is 2. The summed E-state index contributed by atoms with van der Waals surface area (Å²) in [4.78, 5) is 23.8. The first-order chi connectivity index (χ1) is 11.9. The van der Waals surface area contributed by atoms with E-state index in [1.54, 1.807) is 19.1 Å². The zero-order valence-corrected chi connectivity index (χ0v) is 13.6. The molecule has 0 bridgehead atoms. The van der Waals surface area contributed by atoms with Crippen LogP contribution in [0.15, 0.2) is 30.3 Å². The molecule has 0 fully saturated rings. The van der Waals surface area contributed by atoms with Crippen molar-refractivity contribution in [2.24, 2.45) is 5.73 Å². The summed E-state index contributed by atoms with van der Waals surface area (Å²) in [6, 6.07) is 7.73. The van der Waals surface area contributed by atoms with Crippen LogP contribution in [0.4, 0.5) is 4.39 Å². The first kappa shape index (κ1) is 15.8. The van der Waals surface area contributed by atoms with E-state index < -0.39 is 0 Å². The van der Waals surface area contributed by atoms with E-state index in [1.807, 2.05) is 6.07 Å². The van der Waals surface area contributed by atoms with Crippen LogP contribution >= 0.6 is 0 Å². The van der Waals surface area contributed by atoms with E-state index in [4.69, 9.17) is 10.5 Å². The van der Waals surface area contributed by atoms with Crippen LogP contribution in [0.5, 0.6) is 5.75 Å². The fraction of sp³-hybridized carbons (Fsp3) is 0.263. The molecular formula is C19H17FN2O3. The van der Waals surface area contributed by atoms with Gasteiger partial charge in [0.05, 0.1) is 11.1 Å². The second-order valence-corrected chi connectivity index (χ2v) is 6.54. The molecule has 0 radical (unpaired) electrons. The molecule has 0 saturated heterocycles. The van der Waals surface area contributed by atoms with Gasteiger partial charge >= 0.3 is 0 Å². The maximum atomic E-state index is 13.8. The van der Waals surface area contributed by atoms with E-state index in [9.17, 15) is 14.0 Å². The molecule has 4 rings (SSSR count). The van der Waals surface area contributed by atoms with Crippen molar-refractivity contribution < 1.29 is 18.7 Å². The number of hydrogen-bond acceptors (Lipinski definition) is 4. The summed E-state index contributed by atoms with van der Waals surface area (Å²) >= 11 is 0. The van der Waals surface area contributed by atoms with Gasteiger partial charge in [-0.15, -0.1) is 0 Å². The first-order valence-electron chi connectivity index (χ1n) is 8.16. The number of ether oxygens (including phenoxy) is 1. The van der Waals surface area contributed by atoms with E-state index >= 15 is 0 Å². The van der Waals surface area contributed by atoms with Crippen molar-refractivity contribution >= 4 is 11.8 Å². The average molecular weight is 340 g/mol. The predicted octanol–water partition coefficient (Wildman–Crippen LogP) is 2.28. The molecule has 128 valence electrons. The number of halogens is 1. The lowest BCUT2D eigenvalue weighted by atomic mass is 9.96. The number of nitrogens with one attached hydrogen (secondary N) is 1. The Balaban J connectivity index is 1.64. The molecule has 2 unspecified atom stereocenters. The van der Waals surface area contributed by atoms with Gasteiger partial charge in [0.1, 0.15) is 17.7 Å². The molecule has 0 aromatic heterocycles. The molecule has 2 aliphatic rings. The van der Waals surface area contributed by atoms with E-state index in [2.05, 4.69) is 5.32 Å². The fourth-order valence-electron chi connectivity index (χ4n) is 3.58. The summed E-state index contributed by atoms with van der Waals surface area (Å²) < 4.78 is 19.8. The maximum Gasteiger partial charge on any atom is 0.259 e. The fourth-order valence-corrected chi connectivity index (χ4v) is 3.58. The van der Waals surface area contributed by atoms with Crippen LogP contribution in [0.2, 0.25) is 0 Å². The number of carbonyl (C=O) groups is 2. The smallest absolute Gasteiger partial charge is 0.259 e. The Kier molecular flexibility index (Phi) is 3.58. The van der Waals surface area contributed by atoms with Crippen molar-refractivity contribution in [3.63, 3.8) is 0 Å². The van der Waals surface area contributed by atoms with Gasteiger partial charge in [-0.3, -0.25) is 14.9 Å². The number of fused-ring (bicyclic) bond motifs is 2. The molecule has 2 aliphatic heterocycles. The normalized spacial score (nSPS) is 19.2. The van der Waals surface area contributed by atoms with Crippen molar-refractivity contribution in [3.05, 3.63) is 64.0 Å². The highest BCUT2D eigenvalue weighted by Gasteiger charge is 2.32. The number of hydrogen-bond donors (Lipinski definition) is 2. The van der Waals surface area contributed by atoms with Crippen LogP contribution in [0.25, 0.3) is 0 Å². The molecule has 2 atom stereocenters. The van der Waals surface area contributed by atoms with Crippen LogP contribution in [-0.2, 0) is 12.8 Å². The zero-order valence-electron chi connectivity index (χ0n) is 13.6. The molecule has 0 saturated carbocycles. The highest BCUT2D eigenvalue weighted by Crippen LogP contribution is 2.37. The van der Waals surface area contributed by atoms with E-state index in [0.29, 0.717) is 35.3 Å². The largest absolute Gasteiger partial charge is 0.489 e. The van der Waals surface area contributed by atoms with E-state index in [1.165, 1.54) is 12.1 Å². The summed E-state index contributed by atoms with van der Waals surface area (Å²) in [6.45, 7) is 1.78. The lowest BCUT2D eigenvalue weighted by molar-refractivity contribution is 0.0879. The second kappa shape index (κ2) is 5.67. The van der Waals surface area contributed by atoms with Gasteiger partial charge in [-0.05, 0) is 30.7 Å². The van der Waals surface area contributed by atoms with E-state index in [0.717, 1.165) is 11.1 Å². The molecule has 2 amide bonds. The Morgan fingerprint density at radius 3 is 2.88 bits per heavy atom. The molecule has 25 heavy (non-hydrogen) atoms. The number of nitrogens with two attached hydrogens (primary N) is 1. The molecule has 0 spiro atoms. The van der Waals surface area contributed by atoms with Gasteiger partial charge in [-0.2, -0.15) is 0 Å². The number of amides is 2. The summed E-state index contributed by atoms with van der Waals surface area (Å²) in [6.07, 6.45) is 0.759. The maximum absolute atomic E-state index is 13.8. The minimum atomic E-state index is -0.381. The molecule has 0 aliphatic carbocycles. The zero-order chi connectivity index (χ0) is 17.7. The first-order valence-corrected chi connectivity index (χ1v) is 8.16. The van der Waals surface area contributed by atoms with Gasteiger partial charge in [0.2, 0.25) is 0 Å². The lowest BCUT2D eigenvalue weighted by Gasteiger charge is -2.15. The van der Waals surface area contributed by atoms with Crippen LogP contribution < -0.4 is 15.8 Å². The van der Waals surface area contributed by atoms with Gasteiger partial charge in [0, 0.05) is 30.0 Å². The van der Waals surface area contributed by atoms with Crippen molar-refractivity contribution in [1.82, 2.24) is 5.32 Å². The van der Waals surface area contributed by atoms with Gasteiger partial charge in [-0.25, -0.2) is 4.39 Å². The van der Waals surface area contributed by atoms with E-state index in [-0.39, 0.29) is 29.8 Å². The third-order valence-corrected chi connectivity index (χ3v) is 4.68. The van der Waals surface area contributed by atoms with Crippen molar-refractivity contribution in [2.75, 3.05) is 0 Å². The molecule has 3 N–H and O–H groups in total. The molecular weight excluding hydrogens is 323 g/mol. The minimum Gasteiger partial charge on any atom is -0.489 e. The quantitative estimate of drug-likeness (QED) is 0.840. The standard InChI is InChI=1S/C19H17FN2O3/c1-9(21)15-8-12(20)5-11-7-13(25-17(11)15)6-10-3-2-4-14-16(10)19(24)22-18(14)23/h2-5,8-9,13H,6-7,21H2,1H3,(H,22,23,24). The average Bonchev–Trinajstić information content (AvgIpc) is 3.07. The third-order valence-electron chi connectivity index (χ3n) is 4.68. The Morgan fingerprint density at radius 2 is 2.12 bits per heavy atom. The molecule has 6 heteroatoms. The summed E-state index contributed by atoms with van der Waals surface area (Å²) in [5.41, 5.74) is 8.90. The van der Waals surface area contributed by atoms with Crippen LogP contribution in [0, 0.1) is 5.82 Å². The predicted molar refractivity (Wildman–Crippen MR) is 89.1 cm³/mol. The topological polar surface area (TPSA) is 81.4 Å². The number of rotatable bonds is 3. The minimum absolute atomic E-state index is 0.232. The highest BCUT2D eigenvalue weighted by molar-refractivity contribution is 6.22. The third kappa shape index (κ3) is 2.59. The van der Waals surface area contributed by atoms with Gasteiger partial charge in [0.15, 0.2) is 0 Å². The second-order valence-electron chi connectivity index (χ2n) is 6.54. The van der Waals surface area contributed by atoms with Gasteiger partial charge in [0.25, 0.3) is 11.8 Å². The molecule has 2 heterocycles. The van der Waals surface area contributed by atoms with Gasteiger partial charge < -0.3 is 10.5 Å². The Bertz CT molecular complexity index is 908. The van der Waals surface area contributed by atoms with Crippen molar-refractivity contribution in [2.45, 2.75) is 31.9 Å². The number of imide groups is 1.